The number of likely N-dealkylation sites (tertiary alicyclic amines) is 2. The van der Waals surface area contributed by atoms with Gasteiger partial charge < -0.3 is 9.64 Å². The number of rotatable bonds is 4. The van der Waals surface area contributed by atoms with Crippen LogP contribution in [0.2, 0.25) is 0 Å². The van der Waals surface area contributed by atoms with E-state index in [4.69, 9.17) is 4.74 Å². The van der Waals surface area contributed by atoms with Crippen molar-refractivity contribution in [2.45, 2.75) is 38.0 Å². The minimum Gasteiger partial charge on any atom is -0.380 e. The number of ether oxygens (including phenoxy) is 1. The van der Waals surface area contributed by atoms with Crippen LogP contribution in [-0.4, -0.2) is 69.0 Å². The van der Waals surface area contributed by atoms with E-state index in [9.17, 15) is 4.79 Å². The topological polar surface area (TPSA) is 63.0 Å². The van der Waals surface area contributed by atoms with E-state index in [1.807, 2.05) is 27.8 Å². The van der Waals surface area contributed by atoms with E-state index in [1.165, 1.54) is 0 Å². The van der Waals surface area contributed by atoms with Crippen LogP contribution in [0.4, 0.5) is 0 Å². The molecule has 0 radical (unpaired) electrons. The van der Waals surface area contributed by atoms with Crippen LogP contribution in [0.3, 0.4) is 0 Å². The maximum absolute atomic E-state index is 12.9. The first kappa shape index (κ1) is 15.5. The van der Waals surface area contributed by atoms with Crippen molar-refractivity contribution in [3.63, 3.8) is 0 Å². The van der Waals surface area contributed by atoms with Crippen molar-refractivity contribution in [1.29, 1.82) is 0 Å². The van der Waals surface area contributed by atoms with Gasteiger partial charge in [-0.05, 0) is 25.3 Å². The van der Waals surface area contributed by atoms with Crippen molar-refractivity contribution in [2.75, 3.05) is 26.7 Å². The Morgan fingerprint density at radius 2 is 2.21 bits per heavy atom. The van der Waals surface area contributed by atoms with Crippen molar-refractivity contribution in [2.24, 2.45) is 0 Å². The predicted molar refractivity (Wildman–Crippen MR) is 88.4 cm³/mol. The number of hydrogen-bond donors (Lipinski definition) is 0. The van der Waals surface area contributed by atoms with Crippen LogP contribution >= 0.6 is 0 Å². The Labute approximate surface area is 141 Å². The third-order valence-corrected chi connectivity index (χ3v) is 5.05. The number of imidazole rings is 1. The fraction of sp³-hybridized carbons (Fsp3) is 0.588. The Kier molecular flexibility index (Phi) is 4.20. The average Bonchev–Trinajstić information content (AvgIpc) is 3.33. The molecule has 7 heteroatoms. The van der Waals surface area contributed by atoms with Gasteiger partial charge >= 0.3 is 0 Å². The van der Waals surface area contributed by atoms with Crippen LogP contribution in [0.15, 0.2) is 24.7 Å². The van der Waals surface area contributed by atoms with Crippen LogP contribution in [0.25, 0.3) is 5.78 Å². The smallest absolute Gasteiger partial charge is 0.240 e. The quantitative estimate of drug-likeness (QED) is 0.835. The van der Waals surface area contributed by atoms with Crippen molar-refractivity contribution in [3.8, 4) is 0 Å². The van der Waals surface area contributed by atoms with Gasteiger partial charge in [0.05, 0.1) is 17.8 Å². The van der Waals surface area contributed by atoms with Gasteiger partial charge in [0.25, 0.3) is 0 Å². The van der Waals surface area contributed by atoms with E-state index in [1.54, 1.807) is 13.3 Å². The lowest BCUT2D eigenvalue weighted by molar-refractivity contribution is -0.135. The molecule has 0 bridgehead atoms. The van der Waals surface area contributed by atoms with Gasteiger partial charge in [-0.15, -0.1) is 0 Å². The Bertz CT molecular complexity index is 692. The van der Waals surface area contributed by atoms with Crippen LogP contribution in [-0.2, 0) is 16.1 Å². The molecule has 0 aromatic carbocycles. The molecule has 2 aromatic heterocycles. The second kappa shape index (κ2) is 6.49. The van der Waals surface area contributed by atoms with E-state index < -0.39 is 0 Å². The molecule has 2 saturated heterocycles. The molecule has 7 nitrogen and oxygen atoms in total. The Balaban J connectivity index is 1.53. The van der Waals surface area contributed by atoms with Gasteiger partial charge in [-0.3, -0.25) is 14.1 Å². The van der Waals surface area contributed by atoms with E-state index in [-0.39, 0.29) is 18.1 Å². The third kappa shape index (κ3) is 2.89. The number of aromatic nitrogens is 3. The largest absolute Gasteiger partial charge is 0.380 e. The van der Waals surface area contributed by atoms with Gasteiger partial charge in [-0.1, -0.05) is 0 Å². The minimum atomic E-state index is -0.106. The molecule has 2 fully saturated rings. The van der Waals surface area contributed by atoms with E-state index >= 15 is 0 Å². The van der Waals surface area contributed by atoms with Gasteiger partial charge in [0, 0.05) is 51.9 Å². The summed E-state index contributed by atoms with van der Waals surface area (Å²) in [6.07, 6.45) is 8.76. The highest BCUT2D eigenvalue weighted by Crippen LogP contribution is 2.25. The summed E-state index contributed by atoms with van der Waals surface area (Å²) in [5.74, 6) is 0.936. The lowest BCUT2D eigenvalue weighted by Gasteiger charge is -2.26. The van der Waals surface area contributed by atoms with Crippen molar-refractivity contribution < 1.29 is 9.53 Å². The first-order chi connectivity index (χ1) is 11.7. The zero-order valence-electron chi connectivity index (χ0n) is 14.0. The molecular formula is C17H23N5O2. The molecule has 2 aliphatic heterocycles. The molecule has 4 heterocycles. The fourth-order valence-electron chi connectivity index (χ4n) is 3.78. The summed E-state index contributed by atoms with van der Waals surface area (Å²) in [6, 6.07) is 1.78. The zero-order chi connectivity index (χ0) is 16.5. The van der Waals surface area contributed by atoms with Gasteiger partial charge in [0.2, 0.25) is 11.7 Å². The Morgan fingerprint density at radius 3 is 2.96 bits per heavy atom. The molecule has 1 amide bonds. The highest BCUT2D eigenvalue weighted by Gasteiger charge is 2.39. The molecule has 0 spiro atoms. The number of amides is 1. The van der Waals surface area contributed by atoms with Crippen molar-refractivity contribution in [1.82, 2.24) is 24.2 Å². The van der Waals surface area contributed by atoms with Gasteiger partial charge in [-0.2, -0.15) is 0 Å². The maximum Gasteiger partial charge on any atom is 0.240 e. The zero-order valence-corrected chi connectivity index (χ0v) is 14.0. The van der Waals surface area contributed by atoms with Crippen LogP contribution < -0.4 is 0 Å². The minimum absolute atomic E-state index is 0.106. The van der Waals surface area contributed by atoms with Gasteiger partial charge in [-0.25, -0.2) is 9.97 Å². The second-order valence-corrected chi connectivity index (χ2v) is 6.63. The lowest BCUT2D eigenvalue weighted by Crippen LogP contribution is -2.44. The monoisotopic (exact) mass is 329 g/mol. The first-order valence-corrected chi connectivity index (χ1v) is 8.59. The molecule has 24 heavy (non-hydrogen) atoms. The summed E-state index contributed by atoms with van der Waals surface area (Å²) in [4.78, 5) is 25.9. The highest BCUT2D eigenvalue weighted by molar-refractivity contribution is 5.82. The molecule has 2 aromatic rings. The van der Waals surface area contributed by atoms with E-state index in [2.05, 4.69) is 14.9 Å². The summed E-state index contributed by atoms with van der Waals surface area (Å²) in [7, 11) is 1.72. The number of nitrogens with zero attached hydrogens (tertiary/aromatic N) is 5. The number of carbonyl (C=O) groups excluding carboxylic acids is 1. The van der Waals surface area contributed by atoms with Crippen molar-refractivity contribution in [3.05, 3.63) is 30.4 Å². The molecule has 2 aliphatic rings. The second-order valence-electron chi connectivity index (χ2n) is 6.63. The van der Waals surface area contributed by atoms with E-state index in [0.717, 1.165) is 44.6 Å². The molecule has 0 saturated carbocycles. The summed E-state index contributed by atoms with van der Waals surface area (Å²) in [6.45, 7) is 3.19. The number of hydrogen-bond acceptors (Lipinski definition) is 5. The molecular weight excluding hydrogens is 306 g/mol. The summed E-state index contributed by atoms with van der Waals surface area (Å²) in [5.41, 5.74) is 0.935. The summed E-state index contributed by atoms with van der Waals surface area (Å²) in [5, 5.41) is 0. The first-order valence-electron chi connectivity index (χ1n) is 8.59. The lowest BCUT2D eigenvalue weighted by atomic mass is 10.1. The normalized spacial score (nSPS) is 25.0. The maximum atomic E-state index is 12.9. The van der Waals surface area contributed by atoms with Gasteiger partial charge in [0.1, 0.15) is 0 Å². The Hall–Kier alpha value is -1.99. The van der Waals surface area contributed by atoms with Crippen LogP contribution in [0.1, 0.15) is 25.0 Å². The third-order valence-electron chi connectivity index (χ3n) is 5.05. The summed E-state index contributed by atoms with van der Waals surface area (Å²) >= 11 is 0. The molecule has 4 rings (SSSR count). The molecule has 0 N–H and O–H groups in total. The molecule has 2 atom stereocenters. The number of carbonyl (C=O) groups is 1. The predicted octanol–water partition coefficient (Wildman–Crippen LogP) is 0.941. The van der Waals surface area contributed by atoms with Crippen LogP contribution in [0, 0.1) is 0 Å². The Morgan fingerprint density at radius 1 is 1.38 bits per heavy atom. The molecule has 0 aliphatic carbocycles. The average molecular weight is 329 g/mol. The molecule has 0 unspecified atom stereocenters. The standard InChI is InChI=1S/C17H23N5O2/c1-24-14-9-15(16(23)20-6-2-3-7-20)22(12-14)11-13-10-21-8-4-5-18-17(21)19-13/h4-5,8,10,14-15H,2-3,6-7,9,11-12H2,1H3/t14-,15-/m0/s1. The van der Waals surface area contributed by atoms with E-state index in [0.29, 0.717) is 12.3 Å². The number of methoxy groups -OCH3 is 1. The fourth-order valence-corrected chi connectivity index (χ4v) is 3.78. The van der Waals surface area contributed by atoms with Crippen molar-refractivity contribution >= 4 is 11.7 Å². The molecule has 128 valence electrons. The number of fused-ring (bicyclic) bond motifs is 1. The van der Waals surface area contributed by atoms with Crippen LogP contribution in [0.5, 0.6) is 0 Å². The highest BCUT2D eigenvalue weighted by atomic mass is 16.5. The summed E-state index contributed by atoms with van der Waals surface area (Å²) < 4.78 is 7.44. The van der Waals surface area contributed by atoms with Gasteiger partial charge in [0.15, 0.2) is 0 Å². The SMILES string of the molecule is CO[C@H]1C[C@@H](C(=O)N2CCCC2)N(Cc2cn3cccnc3n2)C1.